The first-order valence-corrected chi connectivity index (χ1v) is 7.34. The van der Waals surface area contributed by atoms with Gasteiger partial charge in [-0.2, -0.15) is 0 Å². The van der Waals surface area contributed by atoms with Gasteiger partial charge in [-0.25, -0.2) is 9.78 Å². The number of rotatable bonds is 5. The van der Waals surface area contributed by atoms with Gasteiger partial charge in [0, 0.05) is 25.7 Å². The summed E-state index contributed by atoms with van der Waals surface area (Å²) in [4.78, 5) is 29.1. The third kappa shape index (κ3) is 2.53. The van der Waals surface area contributed by atoms with Gasteiger partial charge in [0.25, 0.3) is 5.56 Å². The minimum Gasteiger partial charge on any atom is -0.326 e. The van der Waals surface area contributed by atoms with Gasteiger partial charge in [0.15, 0.2) is 11.2 Å². The fraction of sp³-hybridized carbons (Fsp3) is 0.643. The number of hydrogen-bond acceptors (Lipinski definition) is 4. The molecule has 0 spiro atoms. The van der Waals surface area contributed by atoms with Crippen molar-refractivity contribution in [2.24, 2.45) is 12.8 Å². The fourth-order valence-electron chi connectivity index (χ4n) is 2.36. The predicted octanol–water partition coefficient (Wildman–Crippen LogP) is 0.605. The highest BCUT2D eigenvalue weighted by Crippen LogP contribution is 2.14. The Hall–Kier alpha value is -1.89. The van der Waals surface area contributed by atoms with Gasteiger partial charge >= 0.3 is 5.69 Å². The van der Waals surface area contributed by atoms with Gasteiger partial charge in [-0.15, -0.1) is 0 Å². The quantitative estimate of drug-likeness (QED) is 0.874. The average molecular weight is 293 g/mol. The van der Waals surface area contributed by atoms with Crippen LogP contribution in [0.5, 0.6) is 0 Å². The lowest BCUT2D eigenvalue weighted by Gasteiger charge is -2.16. The van der Waals surface area contributed by atoms with Crippen LogP contribution in [0.2, 0.25) is 0 Å². The molecular formula is C14H23N5O2. The zero-order chi connectivity index (χ0) is 15.7. The van der Waals surface area contributed by atoms with Crippen LogP contribution >= 0.6 is 0 Å². The Bertz CT molecular complexity index is 755. The van der Waals surface area contributed by atoms with Crippen LogP contribution in [0.3, 0.4) is 0 Å². The molecule has 0 radical (unpaired) electrons. The van der Waals surface area contributed by atoms with Crippen LogP contribution in [0.1, 0.15) is 39.7 Å². The van der Waals surface area contributed by atoms with Crippen molar-refractivity contribution in [3.63, 3.8) is 0 Å². The lowest BCUT2D eigenvalue weighted by Crippen LogP contribution is -2.40. The molecular weight excluding hydrogens is 270 g/mol. The maximum Gasteiger partial charge on any atom is 0.332 e. The smallest absolute Gasteiger partial charge is 0.326 e. The lowest BCUT2D eigenvalue weighted by atomic mass is 10.2. The Kier molecular flexibility index (Phi) is 4.32. The van der Waals surface area contributed by atoms with E-state index < -0.39 is 0 Å². The van der Waals surface area contributed by atoms with Crippen LogP contribution in [0.15, 0.2) is 15.9 Å². The van der Waals surface area contributed by atoms with Crippen LogP contribution in [0.4, 0.5) is 0 Å². The summed E-state index contributed by atoms with van der Waals surface area (Å²) in [5.41, 5.74) is 6.21. The molecule has 0 aliphatic heterocycles. The molecule has 0 saturated heterocycles. The van der Waals surface area contributed by atoms with Gasteiger partial charge < -0.3 is 10.3 Å². The summed E-state index contributed by atoms with van der Waals surface area (Å²) in [6.45, 7) is 6.46. The molecule has 0 amide bonds. The number of aromatic nitrogens is 4. The van der Waals surface area contributed by atoms with Crippen LogP contribution in [-0.2, 0) is 13.6 Å². The van der Waals surface area contributed by atoms with E-state index in [4.69, 9.17) is 5.73 Å². The minimum absolute atomic E-state index is 0.0185. The second kappa shape index (κ2) is 5.85. The van der Waals surface area contributed by atoms with E-state index in [1.54, 1.807) is 15.5 Å². The third-order valence-electron chi connectivity index (χ3n) is 4.03. The second-order valence-corrected chi connectivity index (χ2v) is 5.51. The van der Waals surface area contributed by atoms with E-state index >= 15 is 0 Å². The van der Waals surface area contributed by atoms with Crippen molar-refractivity contribution >= 4 is 11.2 Å². The van der Waals surface area contributed by atoms with Gasteiger partial charge in [0.2, 0.25) is 0 Å². The fourth-order valence-corrected chi connectivity index (χ4v) is 2.36. The predicted molar refractivity (Wildman–Crippen MR) is 82.5 cm³/mol. The van der Waals surface area contributed by atoms with Gasteiger partial charge in [0.1, 0.15) is 0 Å². The standard InChI is InChI=1S/C14H23N5O2/c1-5-9(3)19-12-11(13(20)17(4)14(19)21)18(8-16-12)7-10(15)6-2/h8-10H,5-7,15H2,1-4H3. The van der Waals surface area contributed by atoms with Crippen molar-refractivity contribution in [2.75, 3.05) is 0 Å². The summed E-state index contributed by atoms with van der Waals surface area (Å²) in [6.07, 6.45) is 3.19. The topological polar surface area (TPSA) is 87.8 Å². The Morgan fingerprint density at radius 1 is 1.29 bits per heavy atom. The van der Waals surface area contributed by atoms with Crippen molar-refractivity contribution < 1.29 is 0 Å². The molecule has 2 atom stereocenters. The SMILES string of the molecule is CCC(N)Cn1cnc2c1c(=O)n(C)c(=O)n2C(C)CC. The molecule has 7 nitrogen and oxygen atoms in total. The number of fused-ring (bicyclic) bond motifs is 1. The van der Waals surface area contributed by atoms with E-state index in [9.17, 15) is 9.59 Å². The molecule has 0 saturated carbocycles. The van der Waals surface area contributed by atoms with E-state index in [1.807, 2.05) is 20.8 Å². The summed E-state index contributed by atoms with van der Waals surface area (Å²) in [6, 6.07) is -0.0638. The maximum absolute atomic E-state index is 12.4. The molecule has 7 heteroatoms. The summed E-state index contributed by atoms with van der Waals surface area (Å²) in [5, 5.41) is 0. The normalized spacial score (nSPS) is 14.5. The summed E-state index contributed by atoms with van der Waals surface area (Å²) < 4.78 is 4.49. The molecule has 2 unspecified atom stereocenters. The Morgan fingerprint density at radius 2 is 1.95 bits per heavy atom. The van der Waals surface area contributed by atoms with Crippen LogP contribution < -0.4 is 17.0 Å². The number of hydrogen-bond donors (Lipinski definition) is 1. The van der Waals surface area contributed by atoms with Crippen molar-refractivity contribution in [2.45, 2.75) is 52.2 Å². The van der Waals surface area contributed by atoms with Crippen LogP contribution in [0, 0.1) is 0 Å². The molecule has 2 N–H and O–H groups in total. The molecule has 2 aromatic heterocycles. The summed E-state index contributed by atoms with van der Waals surface area (Å²) in [7, 11) is 1.50. The van der Waals surface area contributed by atoms with Gasteiger partial charge in [-0.1, -0.05) is 13.8 Å². The second-order valence-electron chi connectivity index (χ2n) is 5.51. The Balaban J connectivity index is 2.77. The molecule has 116 valence electrons. The van der Waals surface area contributed by atoms with Crippen molar-refractivity contribution in [1.82, 2.24) is 18.7 Å². The van der Waals surface area contributed by atoms with Crippen LogP contribution in [-0.4, -0.2) is 24.7 Å². The lowest BCUT2D eigenvalue weighted by molar-refractivity contribution is 0.498. The zero-order valence-corrected chi connectivity index (χ0v) is 13.0. The first-order chi connectivity index (χ1) is 9.92. The zero-order valence-electron chi connectivity index (χ0n) is 13.0. The van der Waals surface area contributed by atoms with Gasteiger partial charge in [-0.05, 0) is 19.8 Å². The van der Waals surface area contributed by atoms with E-state index in [0.29, 0.717) is 17.7 Å². The van der Waals surface area contributed by atoms with Gasteiger partial charge in [0.05, 0.1) is 6.33 Å². The van der Waals surface area contributed by atoms with E-state index in [0.717, 1.165) is 17.4 Å². The van der Waals surface area contributed by atoms with Crippen molar-refractivity contribution in [3.8, 4) is 0 Å². The third-order valence-corrected chi connectivity index (χ3v) is 4.03. The molecule has 0 aromatic carbocycles. The molecule has 2 aromatic rings. The largest absolute Gasteiger partial charge is 0.332 e. The molecule has 2 rings (SSSR count). The highest BCUT2D eigenvalue weighted by Gasteiger charge is 2.19. The van der Waals surface area contributed by atoms with Crippen molar-refractivity contribution in [3.05, 3.63) is 27.2 Å². The van der Waals surface area contributed by atoms with E-state index in [2.05, 4.69) is 4.98 Å². The molecule has 2 heterocycles. The molecule has 0 aliphatic carbocycles. The molecule has 0 fully saturated rings. The number of nitrogens with two attached hydrogens (primary N) is 1. The Labute approximate surface area is 123 Å². The molecule has 0 bridgehead atoms. The van der Waals surface area contributed by atoms with E-state index in [-0.39, 0.29) is 23.3 Å². The highest BCUT2D eigenvalue weighted by atomic mass is 16.2. The summed E-state index contributed by atoms with van der Waals surface area (Å²) in [5.74, 6) is 0. The monoisotopic (exact) mass is 293 g/mol. The van der Waals surface area contributed by atoms with Crippen LogP contribution in [0.25, 0.3) is 11.2 Å². The number of imidazole rings is 1. The Morgan fingerprint density at radius 3 is 2.52 bits per heavy atom. The van der Waals surface area contributed by atoms with Crippen molar-refractivity contribution in [1.29, 1.82) is 0 Å². The molecule has 0 aliphatic rings. The van der Waals surface area contributed by atoms with E-state index in [1.165, 1.54) is 7.05 Å². The highest BCUT2D eigenvalue weighted by molar-refractivity contribution is 5.70. The maximum atomic E-state index is 12.4. The average Bonchev–Trinajstić information content (AvgIpc) is 2.88. The minimum atomic E-state index is -0.327. The number of nitrogens with zero attached hydrogens (tertiary/aromatic N) is 4. The van der Waals surface area contributed by atoms with Gasteiger partial charge in [-0.3, -0.25) is 13.9 Å². The molecule has 21 heavy (non-hydrogen) atoms. The summed E-state index contributed by atoms with van der Waals surface area (Å²) >= 11 is 0. The first kappa shape index (κ1) is 15.5. The first-order valence-electron chi connectivity index (χ1n) is 7.34.